The van der Waals surface area contributed by atoms with Crippen LogP contribution in [0.4, 0.5) is 13.2 Å². The molecule has 214 valence electrons. The molecule has 2 heterocycles. The first-order valence-corrected chi connectivity index (χ1v) is 14.0. The van der Waals surface area contributed by atoms with Crippen molar-refractivity contribution in [3.8, 4) is 0 Å². The lowest BCUT2D eigenvalue weighted by molar-refractivity contribution is -0.137. The van der Waals surface area contributed by atoms with Gasteiger partial charge in [-0.3, -0.25) is 14.0 Å². The summed E-state index contributed by atoms with van der Waals surface area (Å²) in [5, 5.41) is 5.97. The lowest BCUT2D eigenvalue weighted by atomic mass is 9.69. The summed E-state index contributed by atoms with van der Waals surface area (Å²) in [7, 11) is 0. The van der Waals surface area contributed by atoms with E-state index in [4.69, 9.17) is 0 Å². The normalized spacial score (nSPS) is 15.0. The number of nitrogens with zero attached hydrogens (tertiary/aromatic N) is 2. The molecule has 4 aromatic rings. The minimum atomic E-state index is -4.39. The first kappa shape index (κ1) is 28.4. The lowest BCUT2D eigenvalue weighted by Gasteiger charge is -2.38. The Kier molecular flexibility index (Phi) is 8.42. The van der Waals surface area contributed by atoms with Crippen molar-refractivity contribution in [2.75, 3.05) is 13.1 Å². The molecule has 0 atom stereocenters. The lowest BCUT2D eigenvalue weighted by Crippen LogP contribution is -2.42. The van der Waals surface area contributed by atoms with Crippen molar-refractivity contribution in [2.24, 2.45) is 0 Å². The third-order valence-electron chi connectivity index (χ3n) is 7.92. The number of nitrogens with one attached hydrogen (secondary N) is 2. The van der Waals surface area contributed by atoms with E-state index in [9.17, 15) is 22.8 Å². The van der Waals surface area contributed by atoms with Gasteiger partial charge < -0.3 is 10.6 Å². The highest BCUT2D eigenvalue weighted by atomic mass is 19.4. The number of alkyl halides is 3. The van der Waals surface area contributed by atoms with E-state index >= 15 is 0 Å². The molecule has 1 aliphatic carbocycles. The van der Waals surface area contributed by atoms with Crippen LogP contribution in [0.15, 0.2) is 79.0 Å². The fourth-order valence-corrected chi connectivity index (χ4v) is 5.69. The zero-order chi connectivity index (χ0) is 28.9. The Morgan fingerprint density at radius 1 is 0.878 bits per heavy atom. The molecule has 0 saturated heterocycles. The molecule has 2 amide bonds. The van der Waals surface area contributed by atoms with Crippen LogP contribution >= 0.6 is 0 Å². The van der Waals surface area contributed by atoms with Gasteiger partial charge in [-0.15, -0.1) is 0 Å². The van der Waals surface area contributed by atoms with E-state index in [-0.39, 0.29) is 18.2 Å². The van der Waals surface area contributed by atoms with Gasteiger partial charge in [-0.25, -0.2) is 4.98 Å². The number of pyridine rings is 1. The highest BCUT2D eigenvalue weighted by molar-refractivity contribution is 5.93. The number of rotatable bonds is 9. The quantitative estimate of drug-likeness (QED) is 0.267. The molecule has 2 N–H and O–H groups in total. The summed E-state index contributed by atoms with van der Waals surface area (Å²) < 4.78 is 41.0. The van der Waals surface area contributed by atoms with Crippen LogP contribution in [0.2, 0.25) is 0 Å². The highest BCUT2D eigenvalue weighted by Gasteiger charge is 2.36. The minimum Gasteiger partial charge on any atom is -0.355 e. The summed E-state index contributed by atoms with van der Waals surface area (Å²) in [4.78, 5) is 30.4. The summed E-state index contributed by atoms with van der Waals surface area (Å²) in [5.74, 6) is -0.449. The van der Waals surface area contributed by atoms with Gasteiger partial charge in [-0.2, -0.15) is 13.2 Å². The topological polar surface area (TPSA) is 75.5 Å². The van der Waals surface area contributed by atoms with Gasteiger partial charge in [0.25, 0.3) is 5.91 Å². The summed E-state index contributed by atoms with van der Waals surface area (Å²) in [6.07, 6.45) is 2.65. The van der Waals surface area contributed by atoms with Crippen molar-refractivity contribution in [3.63, 3.8) is 0 Å². The van der Waals surface area contributed by atoms with Crippen LogP contribution in [0.3, 0.4) is 0 Å². The molecule has 6 nitrogen and oxygen atoms in total. The molecule has 0 spiro atoms. The molecule has 0 bridgehead atoms. The maximum Gasteiger partial charge on any atom is 0.416 e. The Hall–Kier alpha value is -4.14. The van der Waals surface area contributed by atoms with Gasteiger partial charge in [0.2, 0.25) is 5.91 Å². The van der Waals surface area contributed by atoms with Crippen molar-refractivity contribution < 1.29 is 22.8 Å². The van der Waals surface area contributed by atoms with Gasteiger partial charge >= 0.3 is 6.18 Å². The molecule has 5 rings (SSSR count). The smallest absolute Gasteiger partial charge is 0.355 e. The second-order valence-electron chi connectivity index (χ2n) is 10.7. The summed E-state index contributed by atoms with van der Waals surface area (Å²) in [6, 6.07) is 20.5. The Bertz CT molecular complexity index is 1490. The molecule has 2 aromatic carbocycles. The predicted octanol–water partition coefficient (Wildman–Crippen LogP) is 5.89. The molecule has 9 heteroatoms. The van der Waals surface area contributed by atoms with Crippen LogP contribution < -0.4 is 10.6 Å². The van der Waals surface area contributed by atoms with Gasteiger partial charge in [0, 0.05) is 24.7 Å². The third-order valence-corrected chi connectivity index (χ3v) is 7.92. The SMILES string of the molecule is O=C(Cc1cn2c(C(=O)NCCc3ccccc3)cccc2n1)NCC1(c2ccc(C(F)(F)F)cc2)CCCCC1. The molecular formula is C32H33F3N4O2. The van der Waals surface area contributed by atoms with Crippen molar-refractivity contribution in [1.82, 2.24) is 20.0 Å². The van der Waals surface area contributed by atoms with Gasteiger partial charge in [-0.1, -0.05) is 67.8 Å². The zero-order valence-corrected chi connectivity index (χ0v) is 22.7. The van der Waals surface area contributed by atoms with Gasteiger partial charge in [-0.05, 0) is 54.7 Å². The van der Waals surface area contributed by atoms with E-state index in [0.29, 0.717) is 36.5 Å². The fourth-order valence-electron chi connectivity index (χ4n) is 5.69. The molecule has 1 saturated carbocycles. The third kappa shape index (κ3) is 6.78. The number of benzene rings is 2. The van der Waals surface area contributed by atoms with Crippen molar-refractivity contribution in [2.45, 2.75) is 56.5 Å². The largest absolute Gasteiger partial charge is 0.416 e. The number of fused-ring (bicyclic) bond motifs is 1. The highest BCUT2D eigenvalue weighted by Crippen LogP contribution is 2.40. The van der Waals surface area contributed by atoms with E-state index < -0.39 is 17.2 Å². The monoisotopic (exact) mass is 562 g/mol. The molecule has 0 radical (unpaired) electrons. The van der Waals surface area contributed by atoms with Crippen molar-refractivity contribution in [1.29, 1.82) is 0 Å². The Morgan fingerprint density at radius 3 is 2.32 bits per heavy atom. The molecule has 1 fully saturated rings. The van der Waals surface area contributed by atoms with Gasteiger partial charge in [0.05, 0.1) is 17.7 Å². The molecule has 41 heavy (non-hydrogen) atoms. The number of amides is 2. The fraction of sp³-hybridized carbons (Fsp3) is 0.344. The summed E-state index contributed by atoms with van der Waals surface area (Å²) in [6.45, 7) is 0.837. The summed E-state index contributed by atoms with van der Waals surface area (Å²) >= 11 is 0. The maximum absolute atomic E-state index is 13.1. The molecule has 0 unspecified atom stereocenters. The summed E-state index contributed by atoms with van der Waals surface area (Å²) in [5.41, 5.74) is 2.40. The van der Waals surface area contributed by atoms with Crippen LogP contribution in [-0.4, -0.2) is 34.3 Å². The first-order valence-electron chi connectivity index (χ1n) is 14.0. The van der Waals surface area contributed by atoms with Crippen LogP contribution in [0.25, 0.3) is 5.65 Å². The minimum absolute atomic E-state index is 0.0276. The number of carbonyl (C=O) groups excluding carboxylic acids is 2. The second-order valence-corrected chi connectivity index (χ2v) is 10.7. The molecule has 0 aliphatic heterocycles. The number of halogens is 3. The van der Waals surface area contributed by atoms with E-state index in [2.05, 4.69) is 15.6 Å². The number of imidazole rings is 1. The average molecular weight is 563 g/mol. The van der Waals surface area contributed by atoms with Gasteiger partial charge in [0.15, 0.2) is 0 Å². The Labute approximate surface area is 237 Å². The van der Waals surface area contributed by atoms with Crippen LogP contribution in [-0.2, 0) is 29.2 Å². The van der Waals surface area contributed by atoms with E-state index in [1.54, 1.807) is 40.9 Å². The molecule has 1 aliphatic rings. The standard InChI is InChI=1S/C32H33F3N4O2/c33-32(34,35)25-14-12-24(13-15-25)31(17-5-2-6-18-31)22-37-29(40)20-26-21-39-27(10-7-11-28(39)38-26)30(41)36-19-16-23-8-3-1-4-9-23/h1,3-4,7-15,21H,2,5-6,16-20,22H2,(H,36,41)(H,37,40). The Morgan fingerprint density at radius 2 is 1.61 bits per heavy atom. The van der Waals surface area contributed by atoms with E-state index in [1.165, 1.54) is 0 Å². The maximum atomic E-state index is 13.1. The average Bonchev–Trinajstić information content (AvgIpc) is 3.39. The number of hydrogen-bond acceptors (Lipinski definition) is 3. The second kappa shape index (κ2) is 12.2. The van der Waals surface area contributed by atoms with Crippen LogP contribution in [0.1, 0.15) is 65.0 Å². The number of aromatic nitrogens is 2. The number of hydrogen-bond donors (Lipinski definition) is 2. The van der Waals surface area contributed by atoms with Crippen LogP contribution in [0, 0.1) is 0 Å². The Balaban J connectivity index is 1.23. The molecular weight excluding hydrogens is 529 g/mol. The first-order chi connectivity index (χ1) is 19.7. The predicted molar refractivity (Wildman–Crippen MR) is 151 cm³/mol. The van der Waals surface area contributed by atoms with Crippen molar-refractivity contribution >= 4 is 17.5 Å². The van der Waals surface area contributed by atoms with E-state index in [0.717, 1.165) is 55.4 Å². The van der Waals surface area contributed by atoms with Crippen LogP contribution in [0.5, 0.6) is 0 Å². The number of carbonyl (C=O) groups is 2. The molecule has 2 aromatic heterocycles. The van der Waals surface area contributed by atoms with Crippen molar-refractivity contribution in [3.05, 3.63) is 107 Å². The van der Waals surface area contributed by atoms with Gasteiger partial charge in [0.1, 0.15) is 11.3 Å². The zero-order valence-electron chi connectivity index (χ0n) is 22.7. The van der Waals surface area contributed by atoms with E-state index in [1.807, 2.05) is 30.3 Å².